The summed E-state index contributed by atoms with van der Waals surface area (Å²) in [7, 11) is 0. The fourth-order valence-corrected chi connectivity index (χ4v) is 4.37. The number of phenols is 1. The second kappa shape index (κ2) is 9.89. The lowest BCUT2D eigenvalue weighted by atomic mass is 9.90. The monoisotopic (exact) mass is 496 g/mol. The van der Waals surface area contributed by atoms with E-state index in [2.05, 4.69) is 0 Å². The van der Waals surface area contributed by atoms with Crippen molar-refractivity contribution in [1.82, 2.24) is 0 Å². The lowest BCUT2D eigenvalue weighted by Crippen LogP contribution is -2.49. The first-order valence-electron chi connectivity index (χ1n) is 11.7. The molecule has 0 saturated heterocycles. The molecule has 4 aromatic carbocycles. The lowest BCUT2D eigenvalue weighted by Gasteiger charge is -2.35. The number of hydrogen-bond acceptors (Lipinski definition) is 7. The minimum absolute atomic E-state index is 0.0535. The second-order valence-electron chi connectivity index (χ2n) is 8.80. The van der Waals surface area contributed by atoms with Gasteiger partial charge >= 0.3 is 0 Å². The van der Waals surface area contributed by atoms with Gasteiger partial charge in [0, 0.05) is 12.0 Å². The van der Waals surface area contributed by atoms with Gasteiger partial charge in [0.05, 0.1) is 5.56 Å². The maximum absolute atomic E-state index is 12.2. The van der Waals surface area contributed by atoms with Crippen LogP contribution < -0.4 is 9.47 Å². The van der Waals surface area contributed by atoms with E-state index in [1.807, 2.05) is 54.6 Å². The number of phenolic OH excluding ortho intramolecular Hbond substituents is 1. The van der Waals surface area contributed by atoms with E-state index in [1.54, 1.807) is 30.3 Å². The van der Waals surface area contributed by atoms with Gasteiger partial charge in [0.2, 0.25) is 5.78 Å². The van der Waals surface area contributed by atoms with Crippen LogP contribution in [0.5, 0.6) is 17.2 Å². The van der Waals surface area contributed by atoms with Crippen LogP contribution in [0.2, 0.25) is 0 Å². The zero-order valence-corrected chi connectivity index (χ0v) is 19.7. The number of ketones is 2. The maximum Gasteiger partial charge on any atom is 0.271 e. The number of carbonyl (C=O) groups is 2. The Morgan fingerprint density at radius 3 is 2.03 bits per heavy atom. The van der Waals surface area contributed by atoms with Crippen molar-refractivity contribution >= 4 is 11.6 Å². The predicted octanol–water partition coefficient (Wildman–Crippen LogP) is 4.32. The average molecular weight is 497 g/mol. The third-order valence-electron chi connectivity index (χ3n) is 6.23. The topological polar surface area (TPSA) is 113 Å². The van der Waals surface area contributed by atoms with Crippen molar-refractivity contribution in [3.63, 3.8) is 0 Å². The minimum Gasteiger partial charge on any atom is -0.508 e. The summed E-state index contributed by atoms with van der Waals surface area (Å²) in [5, 5.41) is 29.6. The van der Waals surface area contributed by atoms with Gasteiger partial charge in [-0.1, -0.05) is 78.9 Å². The van der Waals surface area contributed by atoms with Gasteiger partial charge in [-0.25, -0.2) is 0 Å². The first-order chi connectivity index (χ1) is 17.8. The summed E-state index contributed by atoms with van der Waals surface area (Å²) in [6.45, 7) is 0. The van der Waals surface area contributed by atoms with E-state index in [1.165, 1.54) is 12.1 Å². The first kappa shape index (κ1) is 24.2. The molecule has 2 unspecified atom stereocenters. The predicted molar refractivity (Wildman–Crippen MR) is 134 cm³/mol. The highest BCUT2D eigenvalue weighted by Crippen LogP contribution is 2.41. The number of benzene rings is 4. The molecule has 0 aliphatic carbocycles. The Morgan fingerprint density at radius 1 is 0.703 bits per heavy atom. The summed E-state index contributed by atoms with van der Waals surface area (Å²) in [4.78, 5) is 24.2. The maximum atomic E-state index is 12.2. The molecule has 7 heteroatoms. The Hall–Kier alpha value is -4.46. The molecule has 3 N–H and O–H groups in total. The molecular weight excluding hydrogens is 472 g/mol. The standard InChI is InChI=1S/C15H12O5.C15H12O2/c16-10-6-7-12-11(8-10)13(17)15(18,19)14(20-12)9-4-2-1-3-5-9;16-13-10-12-8-4-5-9-14(12)17-15(13)11-6-2-1-3-7-11/h1-8,14,16,18-19H;1-9,15H,10H2. The number of rotatable bonds is 2. The van der Waals surface area contributed by atoms with Gasteiger partial charge in [0.1, 0.15) is 17.2 Å². The molecule has 0 radical (unpaired) electrons. The van der Waals surface area contributed by atoms with Gasteiger partial charge in [0.25, 0.3) is 5.79 Å². The van der Waals surface area contributed by atoms with E-state index in [-0.39, 0.29) is 22.8 Å². The third kappa shape index (κ3) is 4.82. The van der Waals surface area contributed by atoms with E-state index in [0.29, 0.717) is 12.0 Å². The van der Waals surface area contributed by atoms with Crippen molar-refractivity contribution in [2.24, 2.45) is 0 Å². The molecule has 4 aromatic rings. The van der Waals surface area contributed by atoms with E-state index >= 15 is 0 Å². The van der Waals surface area contributed by atoms with Gasteiger partial charge in [-0.3, -0.25) is 9.59 Å². The van der Waals surface area contributed by atoms with E-state index in [9.17, 15) is 24.9 Å². The fourth-order valence-electron chi connectivity index (χ4n) is 4.37. The van der Waals surface area contributed by atoms with E-state index in [4.69, 9.17) is 9.47 Å². The fraction of sp³-hybridized carbons (Fsp3) is 0.133. The molecule has 37 heavy (non-hydrogen) atoms. The highest BCUT2D eigenvalue weighted by molar-refractivity contribution is 6.05. The number of hydrogen-bond donors (Lipinski definition) is 3. The Labute approximate surface area is 213 Å². The Bertz CT molecular complexity index is 1430. The summed E-state index contributed by atoms with van der Waals surface area (Å²) in [5.74, 6) is -2.57. The number of ether oxygens (including phenoxy) is 2. The van der Waals surface area contributed by atoms with Crippen LogP contribution in [-0.4, -0.2) is 32.7 Å². The van der Waals surface area contributed by atoms with Gasteiger partial charge in [-0.2, -0.15) is 0 Å². The molecule has 0 saturated carbocycles. The lowest BCUT2D eigenvalue weighted by molar-refractivity contribution is -0.186. The van der Waals surface area contributed by atoms with E-state index in [0.717, 1.165) is 22.9 Å². The molecule has 0 amide bonds. The SMILES string of the molecule is O=C1Cc2ccccc2OC1c1ccccc1.O=C1c2cc(O)ccc2OC(c2ccccc2)C1(O)O. The molecule has 7 nitrogen and oxygen atoms in total. The number of fused-ring (bicyclic) bond motifs is 2. The molecule has 0 aromatic heterocycles. The molecular formula is C30H24O7. The third-order valence-corrected chi connectivity index (χ3v) is 6.23. The quantitative estimate of drug-likeness (QED) is 0.354. The summed E-state index contributed by atoms with van der Waals surface area (Å²) in [6.07, 6.45) is -1.21. The van der Waals surface area contributed by atoms with Crippen molar-refractivity contribution in [2.45, 2.75) is 24.4 Å². The molecule has 2 atom stereocenters. The number of carbonyl (C=O) groups excluding carboxylic acids is 2. The largest absolute Gasteiger partial charge is 0.508 e. The zero-order chi connectivity index (χ0) is 26.0. The van der Waals surface area contributed by atoms with Crippen LogP contribution in [0.3, 0.4) is 0 Å². The average Bonchev–Trinajstić information content (AvgIpc) is 2.92. The van der Waals surface area contributed by atoms with Crippen LogP contribution in [-0.2, 0) is 11.2 Å². The van der Waals surface area contributed by atoms with Crippen molar-refractivity contribution < 1.29 is 34.4 Å². The van der Waals surface area contributed by atoms with Gasteiger partial charge in [-0.15, -0.1) is 0 Å². The molecule has 2 aliphatic rings. The smallest absolute Gasteiger partial charge is 0.271 e. The molecule has 0 bridgehead atoms. The Balaban J connectivity index is 0.000000153. The van der Waals surface area contributed by atoms with Gasteiger partial charge < -0.3 is 24.8 Å². The van der Waals surface area contributed by atoms with Crippen molar-refractivity contribution in [2.75, 3.05) is 0 Å². The van der Waals surface area contributed by atoms with Crippen LogP contribution in [0.25, 0.3) is 0 Å². The molecule has 0 spiro atoms. The van der Waals surface area contributed by atoms with Crippen molar-refractivity contribution in [3.8, 4) is 17.2 Å². The van der Waals surface area contributed by atoms with Crippen molar-refractivity contribution in [1.29, 1.82) is 0 Å². The summed E-state index contributed by atoms with van der Waals surface area (Å²) < 4.78 is 11.3. The zero-order valence-electron chi connectivity index (χ0n) is 19.7. The molecule has 0 fully saturated rings. The summed E-state index contributed by atoms with van der Waals surface area (Å²) in [5.41, 5.74) is 2.32. The van der Waals surface area contributed by atoms with Gasteiger partial charge in [0.15, 0.2) is 18.0 Å². The Morgan fingerprint density at radius 2 is 1.32 bits per heavy atom. The van der Waals surface area contributed by atoms with Crippen LogP contribution >= 0.6 is 0 Å². The van der Waals surface area contributed by atoms with Crippen molar-refractivity contribution in [3.05, 3.63) is 125 Å². The normalized spacial score (nSPS) is 19.3. The molecule has 2 heterocycles. The second-order valence-corrected chi connectivity index (χ2v) is 8.80. The summed E-state index contributed by atoms with van der Waals surface area (Å²) >= 11 is 0. The van der Waals surface area contributed by atoms with E-state index < -0.39 is 23.8 Å². The van der Waals surface area contributed by atoms with Crippen LogP contribution in [0, 0.1) is 0 Å². The molecule has 6 rings (SSSR count). The highest BCUT2D eigenvalue weighted by atomic mass is 16.6. The highest BCUT2D eigenvalue weighted by Gasteiger charge is 2.50. The number of para-hydroxylation sites is 1. The summed E-state index contributed by atoms with van der Waals surface area (Å²) in [6, 6.07) is 29.8. The van der Waals surface area contributed by atoms with Gasteiger partial charge in [-0.05, 0) is 35.4 Å². The molecule has 186 valence electrons. The number of aromatic hydroxyl groups is 1. The Kier molecular flexibility index (Phi) is 6.48. The minimum atomic E-state index is -2.68. The molecule has 2 aliphatic heterocycles. The van der Waals surface area contributed by atoms with Crippen LogP contribution in [0.4, 0.5) is 0 Å². The first-order valence-corrected chi connectivity index (χ1v) is 11.7. The van der Waals surface area contributed by atoms with Crippen LogP contribution in [0.1, 0.15) is 39.3 Å². The number of Topliss-reactive ketones (excluding diaryl/α,β-unsaturated/α-hetero) is 2. The number of aliphatic hydroxyl groups is 2. The van der Waals surface area contributed by atoms with Crippen LogP contribution in [0.15, 0.2) is 103 Å².